The van der Waals surface area contributed by atoms with Crippen molar-refractivity contribution in [3.05, 3.63) is 0 Å². The van der Waals surface area contributed by atoms with Crippen molar-refractivity contribution in [2.45, 2.75) is 49.9 Å². The second-order valence-electron chi connectivity index (χ2n) is 4.79. The van der Waals surface area contributed by atoms with Gasteiger partial charge in [-0.15, -0.1) is 5.10 Å². The highest BCUT2D eigenvalue weighted by Gasteiger charge is 2.21. The van der Waals surface area contributed by atoms with Crippen molar-refractivity contribution >= 4 is 17.7 Å². The Morgan fingerprint density at radius 2 is 2.32 bits per heavy atom. The van der Waals surface area contributed by atoms with Crippen LogP contribution >= 0.6 is 11.8 Å². The van der Waals surface area contributed by atoms with Crippen LogP contribution in [0.3, 0.4) is 0 Å². The third-order valence-electron chi connectivity index (χ3n) is 3.06. The lowest BCUT2D eigenvalue weighted by molar-refractivity contribution is -0.118. The first-order valence-corrected chi connectivity index (χ1v) is 7.51. The van der Waals surface area contributed by atoms with Gasteiger partial charge in [0.1, 0.15) is 0 Å². The predicted molar refractivity (Wildman–Crippen MR) is 70.7 cm³/mol. The second-order valence-corrected chi connectivity index (χ2v) is 5.73. The monoisotopic (exact) mass is 285 g/mol. The first-order valence-electron chi connectivity index (χ1n) is 6.52. The molecule has 1 atom stereocenters. The average molecular weight is 285 g/mol. The van der Waals surface area contributed by atoms with E-state index in [2.05, 4.69) is 20.8 Å². The normalized spacial score (nSPS) is 17.6. The summed E-state index contributed by atoms with van der Waals surface area (Å²) in [4.78, 5) is 11.6. The van der Waals surface area contributed by atoms with Gasteiger partial charge in [0.25, 0.3) is 0 Å². The van der Waals surface area contributed by atoms with Crippen LogP contribution < -0.4 is 5.32 Å². The van der Waals surface area contributed by atoms with Gasteiger partial charge in [0.15, 0.2) is 0 Å². The molecule has 0 aromatic carbocycles. The Bertz CT molecular complexity index is 417. The number of amides is 1. The maximum Gasteiger partial charge on any atom is 0.230 e. The number of nitrogens with zero attached hydrogens (tertiary/aromatic N) is 4. The number of thioether (sulfide) groups is 1. The van der Waals surface area contributed by atoms with Crippen molar-refractivity contribution < 1.29 is 9.90 Å². The highest BCUT2D eigenvalue weighted by molar-refractivity contribution is 7.99. The van der Waals surface area contributed by atoms with Crippen molar-refractivity contribution in [2.24, 2.45) is 0 Å². The van der Waals surface area contributed by atoms with Gasteiger partial charge in [0.05, 0.1) is 17.9 Å². The molecule has 0 bridgehead atoms. The van der Waals surface area contributed by atoms with E-state index in [1.165, 1.54) is 24.6 Å². The molecule has 0 saturated heterocycles. The molecule has 106 valence electrons. The van der Waals surface area contributed by atoms with Gasteiger partial charge in [0.2, 0.25) is 11.1 Å². The van der Waals surface area contributed by atoms with Crippen LogP contribution in [0.4, 0.5) is 0 Å². The quantitative estimate of drug-likeness (QED) is 0.734. The van der Waals surface area contributed by atoms with Gasteiger partial charge in [-0.3, -0.25) is 4.79 Å². The van der Waals surface area contributed by atoms with Gasteiger partial charge < -0.3 is 10.4 Å². The Kier molecular flexibility index (Phi) is 5.15. The molecule has 1 aliphatic carbocycles. The number of aliphatic hydroxyl groups is 1. The van der Waals surface area contributed by atoms with Crippen LogP contribution in [0.1, 0.15) is 38.6 Å². The van der Waals surface area contributed by atoms with Gasteiger partial charge in [-0.1, -0.05) is 24.6 Å². The summed E-state index contributed by atoms with van der Waals surface area (Å²) in [6, 6.07) is 0.373. The minimum atomic E-state index is -0.530. The Morgan fingerprint density at radius 3 is 3.00 bits per heavy atom. The molecule has 1 aliphatic rings. The van der Waals surface area contributed by atoms with Gasteiger partial charge in [0, 0.05) is 6.54 Å². The van der Waals surface area contributed by atoms with Crippen LogP contribution in [0.25, 0.3) is 0 Å². The summed E-state index contributed by atoms with van der Waals surface area (Å²) < 4.78 is 1.83. The molecule has 1 saturated carbocycles. The molecule has 1 heterocycles. The molecule has 0 aliphatic heterocycles. The van der Waals surface area contributed by atoms with Crippen LogP contribution in [-0.4, -0.2) is 49.6 Å². The molecular weight excluding hydrogens is 266 g/mol. The summed E-state index contributed by atoms with van der Waals surface area (Å²) in [6.45, 7) is 1.90. The predicted octanol–water partition coefficient (Wildman–Crippen LogP) is 0.377. The number of carbonyl (C=O) groups excluding carboxylic acids is 1. The Balaban J connectivity index is 1.82. The molecule has 1 fully saturated rings. The van der Waals surface area contributed by atoms with E-state index in [-0.39, 0.29) is 18.2 Å². The standard InChI is InChI=1S/C11H19N5O2S/c1-8(17)6-12-10(18)7-19-11-13-14-15-16(11)9-4-2-3-5-9/h8-9,17H,2-7H2,1H3,(H,12,18). The van der Waals surface area contributed by atoms with Crippen molar-refractivity contribution in [3.63, 3.8) is 0 Å². The number of carbonyl (C=O) groups is 1. The lowest BCUT2D eigenvalue weighted by Gasteiger charge is -2.11. The van der Waals surface area contributed by atoms with Gasteiger partial charge in [-0.05, 0) is 30.2 Å². The number of tetrazole rings is 1. The van der Waals surface area contributed by atoms with Gasteiger partial charge >= 0.3 is 0 Å². The molecule has 0 spiro atoms. The zero-order chi connectivity index (χ0) is 13.7. The minimum Gasteiger partial charge on any atom is -0.392 e. The third kappa shape index (κ3) is 4.17. The molecule has 1 aromatic rings. The molecule has 19 heavy (non-hydrogen) atoms. The Hall–Kier alpha value is -1.15. The van der Waals surface area contributed by atoms with E-state index in [1.807, 2.05) is 4.68 Å². The lowest BCUT2D eigenvalue weighted by Crippen LogP contribution is -2.31. The fourth-order valence-corrected chi connectivity index (χ4v) is 2.88. The molecule has 8 heteroatoms. The van der Waals surface area contributed by atoms with E-state index in [0.717, 1.165) is 12.8 Å². The molecule has 7 nitrogen and oxygen atoms in total. The summed E-state index contributed by atoms with van der Waals surface area (Å²) in [5.41, 5.74) is 0. The van der Waals surface area contributed by atoms with Crippen molar-refractivity contribution in [1.82, 2.24) is 25.5 Å². The van der Waals surface area contributed by atoms with Crippen molar-refractivity contribution in [2.75, 3.05) is 12.3 Å². The zero-order valence-electron chi connectivity index (χ0n) is 10.9. The number of rotatable bonds is 6. The minimum absolute atomic E-state index is 0.119. The average Bonchev–Trinajstić information content (AvgIpc) is 3.03. The fourth-order valence-electron chi connectivity index (χ4n) is 2.10. The smallest absolute Gasteiger partial charge is 0.230 e. The van der Waals surface area contributed by atoms with E-state index in [4.69, 9.17) is 5.11 Å². The summed E-state index contributed by atoms with van der Waals surface area (Å²) in [5, 5.41) is 24.1. The van der Waals surface area contributed by atoms with Crippen LogP contribution in [0.15, 0.2) is 5.16 Å². The van der Waals surface area contributed by atoms with Crippen LogP contribution in [0.2, 0.25) is 0 Å². The fraction of sp³-hybridized carbons (Fsp3) is 0.818. The zero-order valence-corrected chi connectivity index (χ0v) is 11.8. The Labute approximate surface area is 116 Å². The first-order chi connectivity index (χ1) is 9.16. The number of aromatic nitrogens is 4. The maximum atomic E-state index is 11.6. The van der Waals surface area contributed by atoms with Crippen LogP contribution in [0.5, 0.6) is 0 Å². The third-order valence-corrected chi connectivity index (χ3v) is 3.99. The van der Waals surface area contributed by atoms with E-state index in [9.17, 15) is 4.79 Å². The van der Waals surface area contributed by atoms with Crippen molar-refractivity contribution in [1.29, 1.82) is 0 Å². The van der Waals surface area contributed by atoms with Gasteiger partial charge in [-0.2, -0.15) is 0 Å². The van der Waals surface area contributed by atoms with E-state index < -0.39 is 6.10 Å². The molecular formula is C11H19N5O2S. The molecule has 2 N–H and O–H groups in total. The van der Waals surface area contributed by atoms with E-state index >= 15 is 0 Å². The second kappa shape index (κ2) is 6.85. The van der Waals surface area contributed by atoms with Crippen molar-refractivity contribution in [3.8, 4) is 0 Å². The number of hydrogen-bond acceptors (Lipinski definition) is 6. The first kappa shape index (κ1) is 14.3. The summed E-state index contributed by atoms with van der Waals surface area (Å²) in [6.07, 6.45) is 4.10. The molecule has 1 amide bonds. The van der Waals surface area contributed by atoms with E-state index in [0.29, 0.717) is 11.2 Å². The van der Waals surface area contributed by atoms with E-state index in [1.54, 1.807) is 6.92 Å². The topological polar surface area (TPSA) is 92.9 Å². The molecule has 1 aromatic heterocycles. The molecule has 2 rings (SSSR count). The summed E-state index contributed by atoms with van der Waals surface area (Å²) in [7, 11) is 0. The number of aliphatic hydroxyl groups excluding tert-OH is 1. The number of nitrogens with one attached hydrogen (secondary N) is 1. The largest absolute Gasteiger partial charge is 0.392 e. The molecule has 0 radical (unpaired) electrons. The molecule has 1 unspecified atom stereocenters. The lowest BCUT2D eigenvalue weighted by atomic mass is 10.3. The van der Waals surface area contributed by atoms with Crippen LogP contribution in [0, 0.1) is 0 Å². The maximum absolute atomic E-state index is 11.6. The van der Waals surface area contributed by atoms with Gasteiger partial charge in [-0.25, -0.2) is 4.68 Å². The SMILES string of the molecule is CC(O)CNC(=O)CSc1nnnn1C1CCCC1. The highest BCUT2D eigenvalue weighted by atomic mass is 32.2. The summed E-state index contributed by atoms with van der Waals surface area (Å²) in [5.74, 6) is 0.145. The van der Waals surface area contributed by atoms with Crippen LogP contribution in [-0.2, 0) is 4.79 Å². The number of hydrogen-bond donors (Lipinski definition) is 2. The summed E-state index contributed by atoms with van der Waals surface area (Å²) >= 11 is 1.33. The Morgan fingerprint density at radius 1 is 1.58 bits per heavy atom. The highest BCUT2D eigenvalue weighted by Crippen LogP contribution is 2.31.